The van der Waals surface area contributed by atoms with Crippen molar-refractivity contribution in [1.82, 2.24) is 0 Å². The Morgan fingerprint density at radius 2 is 1.31 bits per heavy atom. The maximum Gasteiger partial charge on any atom is 0.194 e. The van der Waals surface area contributed by atoms with Gasteiger partial charge in [-0.25, -0.2) is 22.0 Å². The molecule has 4 rings (SSSR count). The van der Waals surface area contributed by atoms with E-state index in [-0.39, 0.29) is 12.0 Å². The van der Waals surface area contributed by atoms with Crippen molar-refractivity contribution < 1.29 is 26.7 Å². The molecule has 2 aromatic rings. The number of halogens is 5. The van der Waals surface area contributed by atoms with E-state index in [1.165, 1.54) is 57.8 Å². The van der Waals surface area contributed by atoms with E-state index in [0.29, 0.717) is 24.5 Å². The van der Waals surface area contributed by atoms with Crippen molar-refractivity contribution in [1.29, 1.82) is 0 Å². The first-order valence-electron chi connectivity index (χ1n) is 13.6. The standard InChI is InChI=1S/C30H36F5O/c1-2-3-4-19-5-10-21(11-6-19)22-12-7-20(8-13-22)9-14-24-25(31)15-16-28(29(24)34)36-23-17-26(32)30(35)27(33)18-23/h15,17-22H,2-14H2,1H3/t19-,20?,21-,22?. The third-order valence-corrected chi connectivity index (χ3v) is 8.48. The molecule has 197 valence electrons. The largest absolute Gasteiger partial charge is 0.453 e. The third-order valence-electron chi connectivity index (χ3n) is 8.48. The van der Waals surface area contributed by atoms with E-state index in [2.05, 4.69) is 13.0 Å². The van der Waals surface area contributed by atoms with Crippen LogP contribution in [0.2, 0.25) is 0 Å². The molecule has 0 aliphatic heterocycles. The lowest BCUT2D eigenvalue weighted by molar-refractivity contribution is 0.140. The Morgan fingerprint density at radius 3 is 1.86 bits per heavy atom. The molecule has 1 radical (unpaired) electrons. The summed E-state index contributed by atoms with van der Waals surface area (Å²) < 4.78 is 74.7. The summed E-state index contributed by atoms with van der Waals surface area (Å²) in [5.74, 6) is -4.11. The average Bonchev–Trinajstić information content (AvgIpc) is 2.88. The molecule has 0 heterocycles. The first-order valence-corrected chi connectivity index (χ1v) is 13.6. The number of ether oxygens (including phenoxy) is 1. The lowest BCUT2D eigenvalue weighted by Gasteiger charge is -2.38. The molecule has 1 nitrogen and oxygen atoms in total. The monoisotopic (exact) mass is 507 g/mol. The molecule has 0 atom stereocenters. The van der Waals surface area contributed by atoms with Gasteiger partial charge >= 0.3 is 0 Å². The molecule has 2 fully saturated rings. The van der Waals surface area contributed by atoms with E-state index >= 15 is 4.39 Å². The third kappa shape index (κ3) is 6.60. The highest BCUT2D eigenvalue weighted by Crippen LogP contribution is 2.43. The second kappa shape index (κ2) is 12.4. The molecule has 0 unspecified atom stereocenters. The molecule has 2 aromatic carbocycles. The van der Waals surface area contributed by atoms with Gasteiger partial charge in [-0.2, -0.15) is 0 Å². The highest BCUT2D eigenvalue weighted by molar-refractivity contribution is 5.36. The molecule has 0 saturated heterocycles. The zero-order valence-corrected chi connectivity index (χ0v) is 21.0. The Hall–Kier alpha value is -2.11. The van der Waals surface area contributed by atoms with Crippen LogP contribution in [0.5, 0.6) is 11.5 Å². The van der Waals surface area contributed by atoms with Crippen LogP contribution in [0.15, 0.2) is 18.2 Å². The minimum atomic E-state index is -1.64. The first-order chi connectivity index (χ1) is 17.4. The Bertz CT molecular complexity index is 984. The normalized spacial score (nSPS) is 24.6. The maximum absolute atomic E-state index is 15.0. The zero-order valence-electron chi connectivity index (χ0n) is 21.0. The lowest BCUT2D eigenvalue weighted by atomic mass is 9.68. The minimum absolute atomic E-state index is 0.112. The van der Waals surface area contributed by atoms with Crippen molar-refractivity contribution in [2.24, 2.45) is 23.7 Å². The summed E-state index contributed by atoms with van der Waals surface area (Å²) in [6.45, 7) is 2.26. The van der Waals surface area contributed by atoms with Crippen LogP contribution in [0, 0.1) is 58.8 Å². The fourth-order valence-corrected chi connectivity index (χ4v) is 6.27. The molecule has 0 N–H and O–H groups in total. The SMILES string of the molecule is CCCC[C@H]1CC[C@H](C2CCC(CCc3c(F)c[c]c(Oc4cc(F)c(F)c(F)c4)c3F)CC2)CC1. The van der Waals surface area contributed by atoms with Gasteiger partial charge in [-0.15, -0.1) is 0 Å². The molecule has 2 aliphatic carbocycles. The maximum atomic E-state index is 15.0. The van der Waals surface area contributed by atoms with Gasteiger partial charge in [0.2, 0.25) is 0 Å². The molecular formula is C30H36F5O. The van der Waals surface area contributed by atoms with Crippen LogP contribution in [0.3, 0.4) is 0 Å². The van der Waals surface area contributed by atoms with Crippen LogP contribution in [0.25, 0.3) is 0 Å². The second-order valence-electron chi connectivity index (χ2n) is 10.8. The molecule has 0 amide bonds. The Balaban J connectivity index is 1.29. The lowest BCUT2D eigenvalue weighted by Crippen LogP contribution is -2.26. The number of hydrogen-bond acceptors (Lipinski definition) is 1. The van der Waals surface area contributed by atoms with Crippen molar-refractivity contribution in [3.8, 4) is 11.5 Å². The Labute approximate surface area is 211 Å². The minimum Gasteiger partial charge on any atom is -0.453 e. The number of rotatable bonds is 9. The zero-order chi connectivity index (χ0) is 25.7. The molecule has 0 spiro atoms. The predicted octanol–water partition coefficient (Wildman–Crippen LogP) is 9.71. The molecule has 2 saturated carbocycles. The van der Waals surface area contributed by atoms with Gasteiger partial charge in [0.25, 0.3) is 0 Å². The van der Waals surface area contributed by atoms with E-state index in [1.54, 1.807) is 0 Å². The van der Waals surface area contributed by atoms with Crippen LogP contribution in [0.4, 0.5) is 22.0 Å². The Kier molecular flexibility index (Phi) is 9.30. The molecular weight excluding hydrogens is 471 g/mol. The van der Waals surface area contributed by atoms with Crippen molar-refractivity contribution in [3.05, 3.63) is 58.9 Å². The van der Waals surface area contributed by atoms with Crippen LogP contribution >= 0.6 is 0 Å². The van der Waals surface area contributed by atoms with Crippen LogP contribution in [-0.2, 0) is 6.42 Å². The van der Waals surface area contributed by atoms with Crippen molar-refractivity contribution in [2.45, 2.75) is 90.4 Å². The summed E-state index contributed by atoms with van der Waals surface area (Å²) in [7, 11) is 0. The summed E-state index contributed by atoms with van der Waals surface area (Å²) >= 11 is 0. The predicted molar refractivity (Wildman–Crippen MR) is 130 cm³/mol. The molecule has 6 heteroatoms. The van der Waals surface area contributed by atoms with E-state index in [0.717, 1.165) is 36.7 Å². The van der Waals surface area contributed by atoms with Gasteiger partial charge < -0.3 is 4.74 Å². The number of unbranched alkanes of at least 4 members (excludes halogenated alkanes) is 1. The number of benzene rings is 2. The molecule has 0 bridgehead atoms. The van der Waals surface area contributed by atoms with Crippen molar-refractivity contribution in [3.63, 3.8) is 0 Å². The van der Waals surface area contributed by atoms with E-state index in [4.69, 9.17) is 4.74 Å². The summed E-state index contributed by atoms with van der Waals surface area (Å²) in [5, 5.41) is 0. The highest BCUT2D eigenvalue weighted by Gasteiger charge is 2.31. The van der Waals surface area contributed by atoms with Gasteiger partial charge in [-0.05, 0) is 68.3 Å². The van der Waals surface area contributed by atoms with Gasteiger partial charge in [0, 0.05) is 23.8 Å². The second-order valence-corrected chi connectivity index (χ2v) is 10.8. The van der Waals surface area contributed by atoms with Crippen LogP contribution in [-0.4, -0.2) is 0 Å². The average molecular weight is 508 g/mol. The Morgan fingerprint density at radius 1 is 0.750 bits per heavy atom. The van der Waals surface area contributed by atoms with E-state index in [1.807, 2.05) is 0 Å². The summed E-state index contributed by atoms with van der Waals surface area (Å²) in [6.07, 6.45) is 14.9. The topological polar surface area (TPSA) is 9.23 Å². The quantitative estimate of drug-likeness (QED) is 0.242. The first kappa shape index (κ1) is 26.9. The smallest absolute Gasteiger partial charge is 0.194 e. The van der Waals surface area contributed by atoms with Gasteiger partial charge in [-0.3, -0.25) is 0 Å². The van der Waals surface area contributed by atoms with Crippen molar-refractivity contribution >= 4 is 0 Å². The van der Waals surface area contributed by atoms with Gasteiger partial charge in [0.15, 0.2) is 29.0 Å². The fourth-order valence-electron chi connectivity index (χ4n) is 6.27. The van der Waals surface area contributed by atoms with Gasteiger partial charge in [0.1, 0.15) is 11.6 Å². The summed E-state index contributed by atoms with van der Waals surface area (Å²) in [4.78, 5) is 0. The fraction of sp³-hybridized carbons (Fsp3) is 0.600. The van der Waals surface area contributed by atoms with E-state index < -0.39 is 40.6 Å². The summed E-state index contributed by atoms with van der Waals surface area (Å²) in [5.41, 5.74) is -0.112. The van der Waals surface area contributed by atoms with Gasteiger partial charge in [-0.1, -0.05) is 51.9 Å². The van der Waals surface area contributed by atoms with Crippen LogP contribution < -0.4 is 4.74 Å². The van der Waals surface area contributed by atoms with Crippen LogP contribution in [0.1, 0.15) is 89.5 Å². The van der Waals surface area contributed by atoms with Gasteiger partial charge in [0.05, 0.1) is 0 Å². The number of hydrogen-bond donors (Lipinski definition) is 0. The van der Waals surface area contributed by atoms with Crippen molar-refractivity contribution in [2.75, 3.05) is 0 Å². The summed E-state index contributed by atoms with van der Waals surface area (Å²) in [6, 6.07) is 4.53. The molecule has 2 aliphatic rings. The molecule has 0 aromatic heterocycles. The molecule has 36 heavy (non-hydrogen) atoms. The highest BCUT2D eigenvalue weighted by atomic mass is 19.2. The van der Waals surface area contributed by atoms with E-state index in [9.17, 15) is 17.6 Å².